The smallest absolute Gasteiger partial charge is 0.296 e. The Balaban J connectivity index is 2.30. The number of hydrogen-bond acceptors (Lipinski definition) is 6. The lowest BCUT2D eigenvalue weighted by Gasteiger charge is -2.07. The van der Waals surface area contributed by atoms with Gasteiger partial charge in [-0.3, -0.25) is 4.55 Å². The maximum absolute atomic E-state index is 11.0. The van der Waals surface area contributed by atoms with E-state index in [1.165, 1.54) is 18.2 Å². The highest BCUT2D eigenvalue weighted by molar-refractivity contribution is 7.86. The Morgan fingerprint density at radius 1 is 1.22 bits per heavy atom. The molecule has 4 N–H and O–H groups in total. The normalized spacial score (nSPS) is 11.2. The van der Waals surface area contributed by atoms with E-state index in [1.807, 2.05) is 0 Å². The van der Waals surface area contributed by atoms with E-state index < -0.39 is 10.1 Å². The first kappa shape index (κ1) is 12.3. The van der Waals surface area contributed by atoms with E-state index >= 15 is 0 Å². The Kier molecular flexibility index (Phi) is 3.13. The van der Waals surface area contributed by atoms with Crippen molar-refractivity contribution in [3.63, 3.8) is 0 Å². The molecule has 7 nitrogen and oxygen atoms in total. The van der Waals surface area contributed by atoms with Crippen molar-refractivity contribution in [3.05, 3.63) is 36.7 Å². The summed E-state index contributed by atoms with van der Waals surface area (Å²) in [7, 11) is -4.31. The Bertz CT molecular complexity index is 658. The number of benzene rings is 1. The number of nitrogens with zero attached hydrogens (tertiary/aromatic N) is 2. The molecule has 2 rings (SSSR count). The van der Waals surface area contributed by atoms with Gasteiger partial charge in [0, 0.05) is 18.1 Å². The molecule has 0 fully saturated rings. The third-order valence-electron chi connectivity index (χ3n) is 2.11. The van der Waals surface area contributed by atoms with E-state index in [1.54, 1.807) is 18.5 Å². The van der Waals surface area contributed by atoms with E-state index in [0.717, 1.165) is 0 Å². The molecule has 1 aromatic heterocycles. The first-order valence-electron chi connectivity index (χ1n) is 4.88. The third-order valence-corrected chi connectivity index (χ3v) is 3.04. The zero-order chi connectivity index (χ0) is 13.2. The molecule has 0 saturated heterocycles. The van der Waals surface area contributed by atoms with Gasteiger partial charge in [-0.1, -0.05) is 0 Å². The molecular formula is C10H10N4O3S. The van der Waals surface area contributed by atoms with E-state index in [-0.39, 0.29) is 10.6 Å². The Hall–Kier alpha value is -2.19. The second-order valence-electron chi connectivity index (χ2n) is 3.43. The van der Waals surface area contributed by atoms with Crippen LogP contribution in [0.15, 0.2) is 41.6 Å². The molecule has 0 aliphatic heterocycles. The first-order valence-corrected chi connectivity index (χ1v) is 6.32. The Morgan fingerprint density at radius 2 is 1.89 bits per heavy atom. The monoisotopic (exact) mass is 266 g/mol. The molecule has 18 heavy (non-hydrogen) atoms. The molecule has 2 aromatic rings. The van der Waals surface area contributed by atoms with Gasteiger partial charge in [0.05, 0.1) is 5.69 Å². The lowest BCUT2D eigenvalue weighted by atomic mass is 10.3. The van der Waals surface area contributed by atoms with Gasteiger partial charge in [-0.25, -0.2) is 9.97 Å². The van der Waals surface area contributed by atoms with Crippen LogP contribution >= 0.6 is 0 Å². The van der Waals surface area contributed by atoms with Gasteiger partial charge in [0.15, 0.2) is 0 Å². The molecular weight excluding hydrogens is 256 g/mol. The number of aromatic nitrogens is 2. The summed E-state index contributed by atoms with van der Waals surface area (Å²) in [6.45, 7) is 0. The van der Waals surface area contributed by atoms with Crippen LogP contribution in [0.5, 0.6) is 0 Å². The number of rotatable bonds is 3. The van der Waals surface area contributed by atoms with Crippen molar-refractivity contribution in [2.75, 3.05) is 11.1 Å². The molecule has 0 atom stereocenters. The van der Waals surface area contributed by atoms with E-state index in [4.69, 9.17) is 10.3 Å². The van der Waals surface area contributed by atoms with Crippen LogP contribution in [0.1, 0.15) is 0 Å². The summed E-state index contributed by atoms with van der Waals surface area (Å²) in [5.41, 5.74) is 6.00. The predicted molar refractivity (Wildman–Crippen MR) is 66.0 cm³/mol. The summed E-state index contributed by atoms with van der Waals surface area (Å²) >= 11 is 0. The fourth-order valence-electron chi connectivity index (χ4n) is 1.35. The van der Waals surface area contributed by atoms with Crippen molar-refractivity contribution in [2.45, 2.75) is 4.90 Å². The Morgan fingerprint density at radius 3 is 2.44 bits per heavy atom. The van der Waals surface area contributed by atoms with Crippen LogP contribution in [0, 0.1) is 0 Å². The van der Waals surface area contributed by atoms with Crippen molar-refractivity contribution in [1.29, 1.82) is 0 Å². The highest BCUT2D eigenvalue weighted by atomic mass is 32.2. The van der Waals surface area contributed by atoms with Gasteiger partial charge in [-0.05, 0) is 24.3 Å². The summed E-state index contributed by atoms with van der Waals surface area (Å²) < 4.78 is 30.8. The highest BCUT2D eigenvalue weighted by Crippen LogP contribution is 2.23. The molecule has 0 bridgehead atoms. The minimum absolute atomic E-state index is 0.0570. The molecule has 0 saturated carbocycles. The largest absolute Gasteiger partial charge is 0.398 e. The van der Waals surface area contributed by atoms with Crippen LogP contribution in [0.25, 0.3) is 0 Å². The van der Waals surface area contributed by atoms with Gasteiger partial charge in [-0.2, -0.15) is 8.42 Å². The van der Waals surface area contributed by atoms with E-state index in [9.17, 15) is 8.42 Å². The fraction of sp³-hybridized carbons (Fsp3) is 0. The SMILES string of the molecule is Nc1cc(Nc2ncccn2)ccc1S(=O)(=O)O. The number of nitrogens with one attached hydrogen (secondary N) is 1. The van der Waals surface area contributed by atoms with E-state index in [0.29, 0.717) is 11.6 Å². The van der Waals surface area contributed by atoms with Crippen molar-refractivity contribution >= 4 is 27.4 Å². The minimum atomic E-state index is -4.31. The molecule has 0 aliphatic rings. The van der Waals surface area contributed by atoms with E-state index in [2.05, 4.69) is 15.3 Å². The standard InChI is InChI=1S/C10H10N4O3S/c11-8-6-7(2-3-9(8)18(15,16)17)14-10-12-4-1-5-13-10/h1-6H,11H2,(H,12,13,14)(H,15,16,17). The Labute approximate surface area is 103 Å². The van der Waals surface area contributed by atoms with Crippen LogP contribution in [0.2, 0.25) is 0 Å². The fourth-order valence-corrected chi connectivity index (χ4v) is 1.95. The van der Waals surface area contributed by atoms with Gasteiger partial charge >= 0.3 is 0 Å². The van der Waals surface area contributed by atoms with Crippen LogP contribution in [-0.4, -0.2) is 22.9 Å². The summed E-state index contributed by atoms with van der Waals surface area (Å²) in [5.74, 6) is 0.358. The van der Waals surface area contributed by atoms with Crippen LogP contribution in [0.3, 0.4) is 0 Å². The number of nitrogens with two attached hydrogens (primary N) is 1. The summed E-state index contributed by atoms with van der Waals surface area (Å²) in [6.07, 6.45) is 3.12. The quantitative estimate of drug-likeness (QED) is 0.561. The zero-order valence-corrected chi connectivity index (χ0v) is 9.92. The lowest BCUT2D eigenvalue weighted by Crippen LogP contribution is -2.04. The molecule has 8 heteroatoms. The maximum atomic E-state index is 11.0. The topological polar surface area (TPSA) is 118 Å². The summed E-state index contributed by atoms with van der Waals surface area (Å²) in [5, 5.41) is 2.84. The second kappa shape index (κ2) is 4.59. The number of nitrogen functional groups attached to an aromatic ring is 1. The molecule has 94 valence electrons. The second-order valence-corrected chi connectivity index (χ2v) is 4.82. The van der Waals surface area contributed by atoms with Gasteiger partial charge in [0.25, 0.3) is 10.1 Å². The third kappa shape index (κ3) is 2.73. The molecule has 0 spiro atoms. The summed E-state index contributed by atoms with van der Waals surface area (Å²) in [4.78, 5) is 7.56. The van der Waals surface area contributed by atoms with Crippen molar-refractivity contribution in [2.24, 2.45) is 0 Å². The van der Waals surface area contributed by atoms with Gasteiger partial charge in [0.1, 0.15) is 4.90 Å². The van der Waals surface area contributed by atoms with Gasteiger partial charge in [0.2, 0.25) is 5.95 Å². The average molecular weight is 266 g/mol. The number of hydrogen-bond donors (Lipinski definition) is 3. The minimum Gasteiger partial charge on any atom is -0.398 e. The van der Waals surface area contributed by atoms with Crippen LogP contribution < -0.4 is 11.1 Å². The lowest BCUT2D eigenvalue weighted by molar-refractivity contribution is 0.483. The summed E-state index contributed by atoms with van der Waals surface area (Å²) in [6, 6.07) is 5.70. The van der Waals surface area contributed by atoms with Gasteiger partial charge in [-0.15, -0.1) is 0 Å². The van der Waals surface area contributed by atoms with Crippen LogP contribution in [0.4, 0.5) is 17.3 Å². The predicted octanol–water partition coefficient (Wildman–Crippen LogP) is 1.05. The zero-order valence-electron chi connectivity index (χ0n) is 9.11. The van der Waals surface area contributed by atoms with Crippen molar-refractivity contribution in [3.8, 4) is 0 Å². The number of anilines is 3. The van der Waals surface area contributed by atoms with Crippen molar-refractivity contribution < 1.29 is 13.0 Å². The molecule has 0 unspecified atom stereocenters. The molecule has 1 aromatic carbocycles. The molecule has 0 radical (unpaired) electrons. The average Bonchev–Trinajstić information content (AvgIpc) is 2.28. The molecule has 0 amide bonds. The van der Waals surface area contributed by atoms with Gasteiger partial charge < -0.3 is 11.1 Å². The molecule has 0 aliphatic carbocycles. The molecule has 1 heterocycles. The van der Waals surface area contributed by atoms with Crippen molar-refractivity contribution in [1.82, 2.24) is 9.97 Å². The maximum Gasteiger partial charge on any atom is 0.296 e. The first-order chi connectivity index (χ1) is 8.47. The highest BCUT2D eigenvalue weighted by Gasteiger charge is 2.13. The van der Waals surface area contributed by atoms with Crippen LogP contribution in [-0.2, 0) is 10.1 Å².